The van der Waals surface area contributed by atoms with Gasteiger partial charge in [0.1, 0.15) is 12.4 Å². The highest BCUT2D eigenvalue weighted by atomic mass is 127. The van der Waals surface area contributed by atoms with Crippen LogP contribution in [-0.2, 0) is 30.7 Å². The summed E-state index contributed by atoms with van der Waals surface area (Å²) in [4.78, 5) is 14.9. The first-order valence-electron chi connectivity index (χ1n) is 9.05. The molecule has 150 valence electrons. The number of aromatic nitrogens is 4. The molecule has 27 heavy (non-hydrogen) atoms. The van der Waals surface area contributed by atoms with E-state index in [1.54, 1.807) is 18.4 Å². The van der Waals surface area contributed by atoms with Crippen LogP contribution in [0.2, 0.25) is 0 Å². The second-order valence-corrected chi connectivity index (χ2v) is 7.63. The minimum Gasteiger partial charge on any atom is -0.377 e. The number of nitrogens with one attached hydrogen (secondary N) is 2. The third-order valence-electron chi connectivity index (χ3n) is 4.13. The van der Waals surface area contributed by atoms with Crippen LogP contribution in [0.5, 0.6) is 0 Å². The summed E-state index contributed by atoms with van der Waals surface area (Å²) in [5.74, 6) is 2.64. The van der Waals surface area contributed by atoms with Crippen molar-refractivity contribution < 1.29 is 4.74 Å². The Morgan fingerprint density at radius 1 is 1.48 bits per heavy atom. The average molecular weight is 505 g/mol. The van der Waals surface area contributed by atoms with Crippen LogP contribution >= 0.6 is 35.3 Å². The molecule has 1 aliphatic rings. The molecule has 1 atom stereocenters. The molecule has 10 heteroatoms. The quantitative estimate of drug-likeness (QED) is 0.340. The van der Waals surface area contributed by atoms with E-state index in [1.165, 1.54) is 4.88 Å². The van der Waals surface area contributed by atoms with Gasteiger partial charge in [0.15, 0.2) is 11.8 Å². The smallest absolute Gasteiger partial charge is 0.191 e. The van der Waals surface area contributed by atoms with Crippen molar-refractivity contribution in [3.8, 4) is 0 Å². The van der Waals surface area contributed by atoms with Crippen LogP contribution in [-0.4, -0.2) is 51.9 Å². The molecule has 3 rings (SSSR count). The number of halogens is 1. The van der Waals surface area contributed by atoms with Crippen molar-refractivity contribution in [2.75, 3.05) is 20.2 Å². The Hall–Kier alpha value is -1.27. The summed E-state index contributed by atoms with van der Waals surface area (Å²) in [5.41, 5.74) is 0. The molecule has 0 aliphatic carbocycles. The fourth-order valence-electron chi connectivity index (χ4n) is 2.96. The number of thiazole rings is 1. The molecule has 1 aliphatic heterocycles. The molecule has 1 unspecified atom stereocenters. The van der Waals surface area contributed by atoms with E-state index in [-0.39, 0.29) is 24.0 Å². The van der Waals surface area contributed by atoms with Gasteiger partial charge in [-0.05, 0) is 20.3 Å². The van der Waals surface area contributed by atoms with Crippen molar-refractivity contribution in [3.05, 3.63) is 27.7 Å². The van der Waals surface area contributed by atoms with E-state index < -0.39 is 0 Å². The summed E-state index contributed by atoms with van der Waals surface area (Å²) in [5, 5.41) is 12.5. The van der Waals surface area contributed by atoms with Crippen molar-refractivity contribution in [2.45, 2.75) is 52.3 Å². The van der Waals surface area contributed by atoms with Gasteiger partial charge in [0.25, 0.3) is 0 Å². The minimum atomic E-state index is 0. The molecule has 0 fully saturated rings. The van der Waals surface area contributed by atoms with Gasteiger partial charge in [-0.25, -0.2) is 14.6 Å². The monoisotopic (exact) mass is 505 g/mol. The Balaban J connectivity index is 0.00000261. The molecule has 2 N–H and O–H groups in total. The standard InChI is InChI=1S/C17H27N7OS.HI/c1-4-18-17(19-8-7-16-20-9-12(2)26-16)21-13-5-6-15-22-14(11-25-3)23-24(15)10-13;/h9,13H,4-8,10-11H2,1-3H3,(H2,18,19,21);1H. The lowest BCUT2D eigenvalue weighted by Gasteiger charge is -2.25. The second-order valence-electron chi connectivity index (χ2n) is 6.31. The first kappa shape index (κ1) is 22.0. The van der Waals surface area contributed by atoms with E-state index >= 15 is 0 Å². The summed E-state index contributed by atoms with van der Waals surface area (Å²) in [6, 6.07) is 0.291. The Morgan fingerprint density at radius 3 is 3.04 bits per heavy atom. The molecule has 3 heterocycles. The number of aryl methyl sites for hydroxylation is 2. The molecule has 2 aromatic heterocycles. The van der Waals surface area contributed by atoms with Gasteiger partial charge < -0.3 is 15.4 Å². The number of hydrogen-bond acceptors (Lipinski definition) is 6. The van der Waals surface area contributed by atoms with E-state index in [0.29, 0.717) is 12.6 Å². The largest absolute Gasteiger partial charge is 0.377 e. The zero-order valence-electron chi connectivity index (χ0n) is 16.1. The lowest BCUT2D eigenvalue weighted by atomic mass is 10.1. The SMILES string of the molecule is CCNC(=NCCc1ncc(C)s1)NC1CCc2nc(COC)nn2C1.I. The summed E-state index contributed by atoms with van der Waals surface area (Å²) >= 11 is 1.74. The van der Waals surface area contributed by atoms with Gasteiger partial charge in [0.05, 0.1) is 11.6 Å². The van der Waals surface area contributed by atoms with Crippen molar-refractivity contribution in [2.24, 2.45) is 4.99 Å². The van der Waals surface area contributed by atoms with E-state index in [4.69, 9.17) is 9.73 Å². The number of fused-ring (bicyclic) bond motifs is 1. The van der Waals surface area contributed by atoms with Gasteiger partial charge >= 0.3 is 0 Å². The van der Waals surface area contributed by atoms with Crippen molar-refractivity contribution in [1.29, 1.82) is 0 Å². The highest BCUT2D eigenvalue weighted by molar-refractivity contribution is 14.0. The van der Waals surface area contributed by atoms with Crippen molar-refractivity contribution in [1.82, 2.24) is 30.4 Å². The molecule has 0 spiro atoms. The molecule has 0 radical (unpaired) electrons. The van der Waals surface area contributed by atoms with Gasteiger partial charge in [-0.15, -0.1) is 35.3 Å². The minimum absolute atomic E-state index is 0. The number of guanidine groups is 1. The molecule has 0 saturated heterocycles. The summed E-state index contributed by atoms with van der Waals surface area (Å²) in [7, 11) is 1.66. The molecular weight excluding hydrogens is 477 g/mol. The Kier molecular flexibility index (Phi) is 8.90. The van der Waals surface area contributed by atoms with Crippen LogP contribution in [0.15, 0.2) is 11.2 Å². The van der Waals surface area contributed by atoms with Crippen LogP contribution < -0.4 is 10.6 Å². The average Bonchev–Trinajstić information content (AvgIpc) is 3.20. The van der Waals surface area contributed by atoms with Crippen molar-refractivity contribution in [3.63, 3.8) is 0 Å². The van der Waals surface area contributed by atoms with Crippen LogP contribution in [0.1, 0.15) is 34.9 Å². The van der Waals surface area contributed by atoms with Gasteiger partial charge in [-0.1, -0.05) is 0 Å². The summed E-state index contributed by atoms with van der Waals surface area (Å²) in [6.45, 7) is 6.97. The van der Waals surface area contributed by atoms with Crippen LogP contribution in [0.25, 0.3) is 0 Å². The van der Waals surface area contributed by atoms with Gasteiger partial charge in [0, 0.05) is 50.2 Å². The predicted octanol–water partition coefficient (Wildman–Crippen LogP) is 1.92. The molecule has 0 bridgehead atoms. The fourth-order valence-corrected chi connectivity index (χ4v) is 3.74. The van der Waals surface area contributed by atoms with Gasteiger partial charge in [0.2, 0.25) is 0 Å². The zero-order chi connectivity index (χ0) is 18.4. The van der Waals surface area contributed by atoms with Crippen LogP contribution in [0, 0.1) is 6.92 Å². The van der Waals surface area contributed by atoms with E-state index in [0.717, 1.165) is 61.5 Å². The lowest BCUT2D eigenvalue weighted by molar-refractivity contribution is 0.177. The van der Waals surface area contributed by atoms with Crippen LogP contribution in [0.3, 0.4) is 0 Å². The maximum absolute atomic E-state index is 5.12. The topological polar surface area (TPSA) is 89.2 Å². The van der Waals surface area contributed by atoms with Gasteiger partial charge in [-0.2, -0.15) is 5.10 Å². The van der Waals surface area contributed by atoms with Crippen molar-refractivity contribution >= 4 is 41.3 Å². The van der Waals surface area contributed by atoms with Gasteiger partial charge in [-0.3, -0.25) is 4.99 Å². The number of hydrogen-bond donors (Lipinski definition) is 2. The number of rotatable bonds is 7. The summed E-state index contributed by atoms with van der Waals surface area (Å²) in [6.07, 6.45) is 4.71. The fraction of sp³-hybridized carbons (Fsp3) is 0.647. The first-order chi connectivity index (χ1) is 12.7. The molecule has 0 aromatic carbocycles. The molecule has 2 aromatic rings. The van der Waals surface area contributed by atoms with E-state index in [9.17, 15) is 0 Å². The maximum Gasteiger partial charge on any atom is 0.191 e. The molecule has 8 nitrogen and oxygen atoms in total. The summed E-state index contributed by atoms with van der Waals surface area (Å²) < 4.78 is 7.11. The first-order valence-corrected chi connectivity index (χ1v) is 9.87. The third-order valence-corrected chi connectivity index (χ3v) is 5.10. The predicted molar refractivity (Wildman–Crippen MR) is 118 cm³/mol. The number of aliphatic imine (C=N–C) groups is 1. The maximum atomic E-state index is 5.12. The molecular formula is C17H28IN7OS. The number of ether oxygens (including phenoxy) is 1. The highest BCUT2D eigenvalue weighted by Gasteiger charge is 2.22. The Morgan fingerprint density at radius 2 is 2.33 bits per heavy atom. The van der Waals surface area contributed by atoms with E-state index in [1.807, 2.05) is 10.9 Å². The highest BCUT2D eigenvalue weighted by Crippen LogP contribution is 2.14. The molecule has 0 amide bonds. The lowest BCUT2D eigenvalue weighted by Crippen LogP contribution is -2.47. The zero-order valence-corrected chi connectivity index (χ0v) is 19.2. The second kappa shape index (κ2) is 10.9. The third kappa shape index (κ3) is 6.39. The number of methoxy groups -OCH3 is 1. The van der Waals surface area contributed by atoms with E-state index in [2.05, 4.69) is 39.5 Å². The normalized spacial score (nSPS) is 16.6. The van der Waals surface area contributed by atoms with Crippen LogP contribution in [0.4, 0.5) is 0 Å². The Bertz CT molecular complexity index is 745. The molecule has 0 saturated carbocycles. The Labute approximate surface area is 181 Å². The number of nitrogens with zero attached hydrogens (tertiary/aromatic N) is 5.